The summed E-state index contributed by atoms with van der Waals surface area (Å²) in [5, 5.41) is 7.68. The van der Waals surface area contributed by atoms with Gasteiger partial charge in [-0.3, -0.25) is 14.3 Å². The van der Waals surface area contributed by atoms with Crippen LogP contribution in [0.2, 0.25) is 0 Å². The largest absolute Gasteiger partial charge is 0.356 e. The molecule has 1 aromatic heterocycles. The minimum absolute atomic E-state index is 0.0348. The van der Waals surface area contributed by atoms with Crippen LogP contribution in [-0.2, 0) is 16.1 Å². The van der Waals surface area contributed by atoms with Gasteiger partial charge < -0.3 is 10.2 Å². The van der Waals surface area contributed by atoms with E-state index in [0.29, 0.717) is 26.2 Å². The highest BCUT2D eigenvalue weighted by Crippen LogP contribution is 2.24. The number of benzene rings is 2. The first-order valence-electron chi connectivity index (χ1n) is 11.6. The lowest BCUT2D eigenvalue weighted by Crippen LogP contribution is -2.44. The van der Waals surface area contributed by atoms with Crippen LogP contribution in [0.3, 0.4) is 0 Å². The zero-order valence-corrected chi connectivity index (χ0v) is 19.0. The van der Waals surface area contributed by atoms with Crippen molar-refractivity contribution in [3.63, 3.8) is 0 Å². The van der Waals surface area contributed by atoms with Gasteiger partial charge in [0.1, 0.15) is 0 Å². The average molecular weight is 443 g/mol. The predicted octanol–water partition coefficient (Wildman–Crippen LogP) is 3.99. The molecule has 6 nitrogen and oxygen atoms in total. The normalized spacial score (nSPS) is 16.2. The summed E-state index contributed by atoms with van der Waals surface area (Å²) in [4.78, 5) is 26.9. The van der Waals surface area contributed by atoms with E-state index in [-0.39, 0.29) is 17.7 Å². The number of nitrogens with zero attached hydrogens (tertiary/aromatic N) is 3. The summed E-state index contributed by atoms with van der Waals surface area (Å²) in [6, 6.07) is 20.2. The van der Waals surface area contributed by atoms with Gasteiger partial charge in [0.25, 0.3) is 0 Å². The number of hydrogen-bond acceptors (Lipinski definition) is 3. The van der Waals surface area contributed by atoms with Crippen molar-refractivity contribution < 1.29 is 9.59 Å². The summed E-state index contributed by atoms with van der Waals surface area (Å²) in [5.74, 6) is -0.170. The zero-order chi connectivity index (χ0) is 23.0. The second-order valence-corrected chi connectivity index (χ2v) is 8.33. The number of rotatable bonds is 7. The standard InChI is InChI=1S/C27H30N4O2/c1-2-28-27(33)24-14-9-17-30(19-24)25(32)16-15-23-20-31(18-21-10-5-3-6-11-21)29-26(23)22-12-7-4-8-13-22/h3-8,10-13,15-16,20,24H,2,9,14,17-19H2,1H3,(H,28,33)/b16-15+/t24-/m1/s1. The monoisotopic (exact) mass is 442 g/mol. The molecule has 1 fully saturated rings. The van der Waals surface area contributed by atoms with E-state index in [9.17, 15) is 9.59 Å². The first-order chi connectivity index (χ1) is 16.1. The van der Waals surface area contributed by atoms with Crippen molar-refractivity contribution >= 4 is 17.9 Å². The molecule has 3 aromatic rings. The molecular weight excluding hydrogens is 412 g/mol. The molecule has 0 bridgehead atoms. The highest BCUT2D eigenvalue weighted by atomic mass is 16.2. The van der Waals surface area contributed by atoms with Crippen LogP contribution in [0.25, 0.3) is 17.3 Å². The number of nitrogens with one attached hydrogen (secondary N) is 1. The fourth-order valence-electron chi connectivity index (χ4n) is 4.21. The van der Waals surface area contributed by atoms with Crippen molar-refractivity contribution in [1.29, 1.82) is 0 Å². The molecule has 1 saturated heterocycles. The summed E-state index contributed by atoms with van der Waals surface area (Å²) in [5.41, 5.74) is 3.90. The van der Waals surface area contributed by atoms with Crippen LogP contribution in [-0.4, -0.2) is 46.1 Å². The molecule has 0 aliphatic carbocycles. The molecule has 0 radical (unpaired) electrons. The molecule has 33 heavy (non-hydrogen) atoms. The molecule has 1 atom stereocenters. The number of carbonyl (C=O) groups excluding carboxylic acids is 2. The van der Waals surface area contributed by atoms with Gasteiger partial charge in [0.05, 0.1) is 18.2 Å². The second-order valence-electron chi connectivity index (χ2n) is 8.33. The van der Waals surface area contributed by atoms with Gasteiger partial charge in [-0.25, -0.2) is 0 Å². The van der Waals surface area contributed by atoms with Gasteiger partial charge in [0.15, 0.2) is 0 Å². The van der Waals surface area contributed by atoms with Crippen molar-refractivity contribution in [2.24, 2.45) is 5.92 Å². The summed E-state index contributed by atoms with van der Waals surface area (Å²) >= 11 is 0. The molecule has 0 unspecified atom stereocenters. The molecule has 0 spiro atoms. The molecule has 1 aliphatic heterocycles. The van der Waals surface area contributed by atoms with E-state index >= 15 is 0 Å². The number of likely N-dealkylation sites (tertiary alicyclic amines) is 1. The van der Waals surface area contributed by atoms with Crippen molar-refractivity contribution in [1.82, 2.24) is 20.0 Å². The Balaban J connectivity index is 1.53. The predicted molar refractivity (Wildman–Crippen MR) is 130 cm³/mol. The van der Waals surface area contributed by atoms with E-state index in [0.717, 1.165) is 35.2 Å². The third-order valence-electron chi connectivity index (χ3n) is 5.88. The molecule has 1 N–H and O–H groups in total. The van der Waals surface area contributed by atoms with Crippen molar-refractivity contribution in [2.75, 3.05) is 19.6 Å². The smallest absolute Gasteiger partial charge is 0.246 e. The van der Waals surface area contributed by atoms with Crippen LogP contribution in [0.4, 0.5) is 0 Å². The minimum atomic E-state index is -0.135. The summed E-state index contributed by atoms with van der Waals surface area (Å²) in [6.45, 7) is 4.32. The van der Waals surface area contributed by atoms with Crippen LogP contribution in [0.15, 0.2) is 72.9 Å². The van der Waals surface area contributed by atoms with Gasteiger partial charge >= 0.3 is 0 Å². The van der Waals surface area contributed by atoms with Gasteiger partial charge in [-0.05, 0) is 31.4 Å². The van der Waals surface area contributed by atoms with Crippen LogP contribution >= 0.6 is 0 Å². The maximum absolute atomic E-state index is 12.9. The van der Waals surface area contributed by atoms with E-state index in [2.05, 4.69) is 17.4 Å². The van der Waals surface area contributed by atoms with Crippen molar-refractivity contribution in [2.45, 2.75) is 26.3 Å². The lowest BCUT2D eigenvalue weighted by molar-refractivity contribution is -0.132. The quantitative estimate of drug-likeness (QED) is 0.563. The van der Waals surface area contributed by atoms with Gasteiger partial charge in [0, 0.05) is 43.0 Å². The Hall–Kier alpha value is -3.67. The van der Waals surface area contributed by atoms with Crippen LogP contribution in [0.1, 0.15) is 30.9 Å². The topological polar surface area (TPSA) is 67.2 Å². The van der Waals surface area contributed by atoms with Crippen LogP contribution in [0.5, 0.6) is 0 Å². The number of amides is 2. The molecular formula is C27H30N4O2. The van der Waals surface area contributed by atoms with Crippen LogP contribution < -0.4 is 5.32 Å². The molecule has 2 heterocycles. The van der Waals surface area contributed by atoms with E-state index in [1.54, 1.807) is 11.0 Å². The fourth-order valence-corrected chi connectivity index (χ4v) is 4.21. The maximum atomic E-state index is 12.9. The van der Waals surface area contributed by atoms with E-state index in [1.165, 1.54) is 0 Å². The summed E-state index contributed by atoms with van der Waals surface area (Å²) in [7, 11) is 0. The Labute approximate surface area is 194 Å². The highest BCUT2D eigenvalue weighted by molar-refractivity contribution is 5.93. The SMILES string of the molecule is CCNC(=O)[C@@H]1CCCN(C(=O)/C=C/c2cn(Cc3ccccc3)nc2-c2ccccc2)C1. The van der Waals surface area contributed by atoms with E-state index in [1.807, 2.05) is 72.4 Å². The van der Waals surface area contributed by atoms with Crippen LogP contribution in [0, 0.1) is 5.92 Å². The third-order valence-corrected chi connectivity index (χ3v) is 5.88. The summed E-state index contributed by atoms with van der Waals surface area (Å²) in [6.07, 6.45) is 7.09. The van der Waals surface area contributed by atoms with Gasteiger partial charge in [-0.15, -0.1) is 0 Å². The van der Waals surface area contributed by atoms with E-state index < -0.39 is 0 Å². The Morgan fingerprint density at radius 3 is 2.55 bits per heavy atom. The molecule has 1 aliphatic rings. The summed E-state index contributed by atoms with van der Waals surface area (Å²) < 4.78 is 1.91. The molecule has 6 heteroatoms. The Bertz CT molecular complexity index is 1110. The average Bonchev–Trinajstić information content (AvgIpc) is 3.26. The maximum Gasteiger partial charge on any atom is 0.246 e. The van der Waals surface area contributed by atoms with Gasteiger partial charge in [-0.2, -0.15) is 5.10 Å². The van der Waals surface area contributed by atoms with Crippen molar-refractivity contribution in [3.05, 3.63) is 84.1 Å². The third kappa shape index (κ3) is 5.77. The molecule has 170 valence electrons. The Morgan fingerprint density at radius 1 is 1.09 bits per heavy atom. The lowest BCUT2D eigenvalue weighted by Gasteiger charge is -2.31. The second kappa shape index (κ2) is 10.8. The van der Waals surface area contributed by atoms with Gasteiger partial charge in [-0.1, -0.05) is 60.7 Å². The number of piperidine rings is 1. The highest BCUT2D eigenvalue weighted by Gasteiger charge is 2.27. The van der Waals surface area contributed by atoms with Gasteiger partial charge in [0.2, 0.25) is 11.8 Å². The number of hydrogen-bond donors (Lipinski definition) is 1. The minimum Gasteiger partial charge on any atom is -0.356 e. The van der Waals surface area contributed by atoms with Crippen molar-refractivity contribution in [3.8, 4) is 11.3 Å². The first kappa shape index (κ1) is 22.5. The molecule has 0 saturated carbocycles. The number of carbonyl (C=O) groups is 2. The Kier molecular flexibility index (Phi) is 7.35. The zero-order valence-electron chi connectivity index (χ0n) is 19.0. The fraction of sp³-hybridized carbons (Fsp3) is 0.296. The number of aromatic nitrogens is 2. The molecule has 2 aromatic carbocycles. The lowest BCUT2D eigenvalue weighted by atomic mass is 9.97. The van der Waals surface area contributed by atoms with E-state index in [4.69, 9.17) is 5.10 Å². The molecule has 4 rings (SSSR count). The first-order valence-corrected chi connectivity index (χ1v) is 11.6. The Morgan fingerprint density at radius 2 is 1.82 bits per heavy atom. The molecule has 2 amide bonds.